The van der Waals surface area contributed by atoms with Crippen molar-refractivity contribution in [3.8, 4) is 17.2 Å². The van der Waals surface area contributed by atoms with Gasteiger partial charge in [-0.05, 0) is 47.9 Å². The Morgan fingerprint density at radius 2 is 1.65 bits per heavy atom. The Labute approximate surface area is 220 Å². The number of nitrogens with zero attached hydrogens (tertiary/aromatic N) is 1. The molecule has 1 heterocycles. The summed E-state index contributed by atoms with van der Waals surface area (Å²) < 4.78 is 16.7. The molecule has 1 fully saturated rings. The fraction of sp³-hybridized carbons (Fsp3) is 0.241. The minimum Gasteiger partial charge on any atom is -0.507 e. The van der Waals surface area contributed by atoms with Crippen LogP contribution < -0.4 is 14.2 Å². The molecule has 1 unspecified atom stereocenters. The quantitative estimate of drug-likeness (QED) is 0.219. The first-order chi connectivity index (χ1) is 17.9. The van der Waals surface area contributed by atoms with Gasteiger partial charge in [0.15, 0.2) is 11.5 Å². The van der Waals surface area contributed by atoms with E-state index in [1.807, 2.05) is 37.3 Å². The highest BCUT2D eigenvalue weighted by atomic mass is 35.5. The van der Waals surface area contributed by atoms with E-state index in [1.54, 1.807) is 37.4 Å². The summed E-state index contributed by atoms with van der Waals surface area (Å²) in [5.41, 5.74) is 1.87. The predicted molar refractivity (Wildman–Crippen MR) is 141 cm³/mol. The maximum atomic E-state index is 13.2. The van der Waals surface area contributed by atoms with Crippen molar-refractivity contribution in [1.82, 2.24) is 4.90 Å². The van der Waals surface area contributed by atoms with E-state index in [2.05, 4.69) is 0 Å². The van der Waals surface area contributed by atoms with Crippen molar-refractivity contribution >= 4 is 29.1 Å². The molecular weight excluding hydrogens is 494 g/mol. The lowest BCUT2D eigenvalue weighted by atomic mass is 9.95. The number of Topliss-reactive ketones (excluding diaryl/α,β-unsaturated/α-hetero) is 1. The highest BCUT2D eigenvalue weighted by Crippen LogP contribution is 2.42. The summed E-state index contributed by atoms with van der Waals surface area (Å²) in [5.74, 6) is -0.348. The number of methoxy groups -OCH3 is 2. The summed E-state index contributed by atoms with van der Waals surface area (Å²) in [4.78, 5) is 27.7. The number of ether oxygens (including phenoxy) is 3. The molecule has 1 aliphatic rings. The summed E-state index contributed by atoms with van der Waals surface area (Å²) in [6.45, 7) is 2.56. The molecule has 0 aliphatic carbocycles. The number of amides is 1. The molecule has 1 aliphatic heterocycles. The first-order valence-electron chi connectivity index (χ1n) is 11.9. The van der Waals surface area contributed by atoms with Gasteiger partial charge < -0.3 is 24.2 Å². The fourth-order valence-corrected chi connectivity index (χ4v) is 4.64. The van der Waals surface area contributed by atoms with Crippen molar-refractivity contribution in [1.29, 1.82) is 0 Å². The molecule has 3 aromatic rings. The maximum Gasteiger partial charge on any atom is 0.295 e. The zero-order valence-electron chi connectivity index (χ0n) is 20.9. The Morgan fingerprint density at radius 3 is 2.30 bits per heavy atom. The highest BCUT2D eigenvalue weighted by Gasteiger charge is 2.46. The molecule has 192 valence electrons. The van der Waals surface area contributed by atoms with Gasteiger partial charge in [0.05, 0.1) is 30.9 Å². The van der Waals surface area contributed by atoms with E-state index in [4.69, 9.17) is 25.8 Å². The number of hydrogen-bond acceptors (Lipinski definition) is 6. The fourth-order valence-electron chi connectivity index (χ4n) is 4.38. The molecule has 1 saturated heterocycles. The van der Waals surface area contributed by atoms with Crippen LogP contribution in [0.1, 0.15) is 36.1 Å². The van der Waals surface area contributed by atoms with Crippen LogP contribution >= 0.6 is 11.6 Å². The zero-order chi connectivity index (χ0) is 26.5. The van der Waals surface area contributed by atoms with E-state index in [0.29, 0.717) is 47.9 Å². The highest BCUT2D eigenvalue weighted by molar-refractivity contribution is 6.46. The topological polar surface area (TPSA) is 85.3 Å². The lowest BCUT2D eigenvalue weighted by Crippen LogP contribution is -2.30. The van der Waals surface area contributed by atoms with Crippen molar-refractivity contribution in [2.45, 2.75) is 26.0 Å². The molecule has 1 amide bonds. The molecule has 37 heavy (non-hydrogen) atoms. The Morgan fingerprint density at radius 1 is 0.946 bits per heavy atom. The SMILES string of the molecule is CCCN1C(=O)C(=O)/C(=C(\O)c2ccc(OC)c(Cl)c2)C1c1ccc(OC)c(OCc2ccccc2)c1. The molecule has 1 N–H and O–H groups in total. The molecule has 0 aromatic heterocycles. The number of likely N-dealkylation sites (tertiary alicyclic amines) is 1. The van der Waals surface area contributed by atoms with Gasteiger partial charge in [0.25, 0.3) is 11.7 Å². The Hall–Kier alpha value is -3.97. The smallest absolute Gasteiger partial charge is 0.295 e. The number of carbonyl (C=O) groups excluding carboxylic acids is 2. The normalized spacial score (nSPS) is 16.6. The van der Waals surface area contributed by atoms with Crippen LogP contribution in [0.3, 0.4) is 0 Å². The number of halogens is 1. The summed E-state index contributed by atoms with van der Waals surface area (Å²) in [5, 5.41) is 11.5. The van der Waals surface area contributed by atoms with Crippen molar-refractivity contribution in [2.24, 2.45) is 0 Å². The van der Waals surface area contributed by atoms with Gasteiger partial charge in [-0.25, -0.2) is 0 Å². The first-order valence-corrected chi connectivity index (χ1v) is 12.2. The molecule has 8 heteroatoms. The van der Waals surface area contributed by atoms with Gasteiger partial charge in [0.1, 0.15) is 18.1 Å². The third-order valence-electron chi connectivity index (χ3n) is 6.17. The second-order valence-corrected chi connectivity index (χ2v) is 8.93. The number of aliphatic hydroxyl groups is 1. The van der Waals surface area contributed by atoms with Crippen LogP contribution in [0.2, 0.25) is 5.02 Å². The van der Waals surface area contributed by atoms with E-state index in [0.717, 1.165) is 5.56 Å². The summed E-state index contributed by atoms with van der Waals surface area (Å²) >= 11 is 6.27. The third kappa shape index (κ3) is 5.27. The molecule has 3 aromatic carbocycles. The van der Waals surface area contributed by atoms with Crippen LogP contribution in [0.15, 0.2) is 72.3 Å². The summed E-state index contributed by atoms with van der Waals surface area (Å²) in [6, 6.07) is 18.8. The summed E-state index contributed by atoms with van der Waals surface area (Å²) in [6.07, 6.45) is 0.630. The molecule has 0 radical (unpaired) electrons. The van der Waals surface area contributed by atoms with Gasteiger partial charge in [-0.15, -0.1) is 0 Å². The second-order valence-electron chi connectivity index (χ2n) is 8.53. The van der Waals surface area contributed by atoms with Gasteiger partial charge in [-0.3, -0.25) is 9.59 Å². The molecular formula is C29H28ClNO6. The van der Waals surface area contributed by atoms with E-state index >= 15 is 0 Å². The van der Waals surface area contributed by atoms with Crippen LogP contribution in [0.5, 0.6) is 17.2 Å². The molecule has 7 nitrogen and oxygen atoms in total. The van der Waals surface area contributed by atoms with Crippen molar-refractivity contribution in [2.75, 3.05) is 20.8 Å². The van der Waals surface area contributed by atoms with E-state index in [1.165, 1.54) is 18.1 Å². The zero-order valence-corrected chi connectivity index (χ0v) is 21.6. The lowest BCUT2D eigenvalue weighted by molar-refractivity contribution is -0.139. The van der Waals surface area contributed by atoms with Crippen LogP contribution in [0.4, 0.5) is 0 Å². The number of benzene rings is 3. The summed E-state index contributed by atoms with van der Waals surface area (Å²) in [7, 11) is 3.03. The predicted octanol–water partition coefficient (Wildman–Crippen LogP) is 5.77. The largest absolute Gasteiger partial charge is 0.507 e. The Balaban J connectivity index is 1.80. The van der Waals surface area contributed by atoms with Gasteiger partial charge in [0.2, 0.25) is 0 Å². The van der Waals surface area contributed by atoms with Gasteiger partial charge >= 0.3 is 0 Å². The van der Waals surface area contributed by atoms with E-state index in [-0.39, 0.29) is 16.4 Å². The molecule has 0 bridgehead atoms. The molecule has 0 spiro atoms. The minimum atomic E-state index is -0.814. The number of carbonyl (C=O) groups is 2. The number of ketones is 1. The van der Waals surface area contributed by atoms with Gasteiger partial charge in [-0.2, -0.15) is 0 Å². The number of hydrogen-bond donors (Lipinski definition) is 1. The van der Waals surface area contributed by atoms with Crippen LogP contribution in [-0.4, -0.2) is 42.5 Å². The van der Waals surface area contributed by atoms with Gasteiger partial charge in [0, 0.05) is 12.1 Å². The molecule has 1 atom stereocenters. The van der Waals surface area contributed by atoms with Crippen molar-refractivity contribution < 1.29 is 28.9 Å². The van der Waals surface area contributed by atoms with Crippen molar-refractivity contribution in [3.63, 3.8) is 0 Å². The van der Waals surface area contributed by atoms with Gasteiger partial charge in [-0.1, -0.05) is 54.9 Å². The number of rotatable bonds is 9. The first kappa shape index (κ1) is 26.1. The molecule has 0 saturated carbocycles. The minimum absolute atomic E-state index is 0.0149. The third-order valence-corrected chi connectivity index (χ3v) is 6.47. The Kier molecular flexibility index (Phi) is 8.04. The number of aliphatic hydroxyl groups excluding tert-OH is 1. The maximum absolute atomic E-state index is 13.2. The standard InChI is InChI=1S/C29H28ClNO6/c1-4-14-31-26(19-10-13-23(36-3)24(16-19)37-17-18-8-6-5-7-9-18)25(28(33)29(31)34)27(32)20-11-12-22(35-2)21(30)15-20/h5-13,15-16,26,32H,4,14,17H2,1-3H3/b27-25-. The monoisotopic (exact) mass is 521 g/mol. The average Bonchev–Trinajstić information content (AvgIpc) is 3.17. The lowest BCUT2D eigenvalue weighted by Gasteiger charge is -2.25. The van der Waals surface area contributed by atoms with Crippen LogP contribution in [-0.2, 0) is 16.2 Å². The van der Waals surface area contributed by atoms with Crippen LogP contribution in [0, 0.1) is 0 Å². The molecule has 4 rings (SSSR count). The van der Waals surface area contributed by atoms with E-state index in [9.17, 15) is 14.7 Å². The average molecular weight is 522 g/mol. The second kappa shape index (κ2) is 11.4. The van der Waals surface area contributed by atoms with E-state index < -0.39 is 17.7 Å². The van der Waals surface area contributed by atoms with Crippen molar-refractivity contribution in [3.05, 3.63) is 94.0 Å². The van der Waals surface area contributed by atoms with Crippen LogP contribution in [0.25, 0.3) is 5.76 Å². The Bertz CT molecular complexity index is 1340.